The molecule has 2 fully saturated rings. The zero-order valence-corrected chi connectivity index (χ0v) is 14.7. The molecule has 2 aliphatic carbocycles. The topological polar surface area (TPSA) is 41.9 Å². The number of piperidine rings is 1. The smallest absolute Gasteiger partial charge is 0.132 e. The maximum atomic E-state index is 5.19. The average Bonchev–Trinajstić information content (AvgIpc) is 2.93. The van der Waals surface area contributed by atoms with Gasteiger partial charge in [-0.15, -0.1) is 0 Å². The summed E-state index contributed by atoms with van der Waals surface area (Å²) >= 11 is 0. The summed E-state index contributed by atoms with van der Waals surface area (Å²) in [6.45, 7) is 4.48. The first-order valence-corrected chi connectivity index (χ1v) is 10.2. The molecule has 0 amide bonds. The number of fused-ring (bicyclic) bond motifs is 2. The van der Waals surface area contributed by atoms with E-state index in [1.54, 1.807) is 11.1 Å². The van der Waals surface area contributed by atoms with Crippen molar-refractivity contribution in [3.63, 3.8) is 0 Å². The maximum absolute atomic E-state index is 5.19. The number of allylic oxidation sites excluding steroid dienone is 1. The van der Waals surface area contributed by atoms with E-state index in [4.69, 9.17) is 5.10 Å². The molecule has 5 rings (SSSR count). The molecule has 130 valence electrons. The van der Waals surface area contributed by atoms with E-state index in [2.05, 4.69) is 15.3 Å². The molecule has 0 bridgehead atoms. The monoisotopic (exact) mass is 326 g/mol. The fraction of sp³-hybridized carbons (Fsp3) is 0.750. The second kappa shape index (κ2) is 6.21. The van der Waals surface area contributed by atoms with E-state index in [0.29, 0.717) is 0 Å². The molecular formula is C20H30N4. The zero-order valence-electron chi connectivity index (χ0n) is 14.7. The summed E-state index contributed by atoms with van der Waals surface area (Å²) in [6.07, 6.45) is 12.0. The van der Waals surface area contributed by atoms with Crippen LogP contribution >= 0.6 is 0 Å². The van der Waals surface area contributed by atoms with Crippen LogP contribution < -0.4 is 10.6 Å². The van der Waals surface area contributed by atoms with Crippen molar-refractivity contribution >= 4 is 11.4 Å². The Morgan fingerprint density at radius 3 is 2.75 bits per heavy atom. The first-order valence-electron chi connectivity index (χ1n) is 10.2. The number of hydrogen-bond acceptors (Lipinski definition) is 3. The Balaban J connectivity index is 1.52. The molecule has 1 atom stereocenters. The van der Waals surface area contributed by atoms with Gasteiger partial charge in [0.25, 0.3) is 0 Å². The molecule has 1 unspecified atom stereocenters. The van der Waals surface area contributed by atoms with Crippen LogP contribution in [-0.2, 0) is 6.54 Å². The fourth-order valence-corrected chi connectivity index (χ4v) is 5.04. The number of aromatic nitrogens is 2. The Kier molecular flexibility index (Phi) is 3.88. The van der Waals surface area contributed by atoms with Crippen LogP contribution in [0.4, 0.5) is 5.82 Å². The van der Waals surface area contributed by atoms with Gasteiger partial charge >= 0.3 is 0 Å². The standard InChI is InChI=1S/C20H30N4/c1-2-9-17-16(6-1)12-22-20-18(17)19(15-7-3-8-15)23-24(20)13-14-5-4-10-21-11-14/h14-15,21-22H,1-13H2. The summed E-state index contributed by atoms with van der Waals surface area (Å²) in [7, 11) is 0. The zero-order chi connectivity index (χ0) is 15.9. The largest absolute Gasteiger partial charge is 0.366 e. The van der Waals surface area contributed by atoms with E-state index in [0.717, 1.165) is 31.5 Å². The number of nitrogens with one attached hydrogen (secondary N) is 2. The van der Waals surface area contributed by atoms with Crippen molar-refractivity contribution in [1.29, 1.82) is 0 Å². The van der Waals surface area contributed by atoms with Crippen molar-refractivity contribution in [2.45, 2.75) is 70.3 Å². The molecule has 4 heteroatoms. The van der Waals surface area contributed by atoms with Crippen LogP contribution in [0, 0.1) is 5.92 Å². The Hall–Kier alpha value is -1.29. The number of anilines is 1. The van der Waals surface area contributed by atoms with Crippen LogP contribution in [0.1, 0.15) is 75.0 Å². The number of rotatable bonds is 3. The SMILES string of the molecule is C1CCC2=C(C1)CNc1c2c(C2CCC2)nn1CC1CCCNC1. The molecule has 1 aromatic rings. The Morgan fingerprint density at radius 1 is 1.04 bits per heavy atom. The molecule has 1 saturated carbocycles. The van der Waals surface area contributed by atoms with Crippen molar-refractivity contribution in [2.24, 2.45) is 5.92 Å². The second-order valence-corrected chi connectivity index (χ2v) is 8.27. The minimum atomic E-state index is 0.722. The highest BCUT2D eigenvalue weighted by Gasteiger charge is 2.34. The third-order valence-corrected chi connectivity index (χ3v) is 6.65. The minimum Gasteiger partial charge on any atom is -0.366 e. The van der Waals surface area contributed by atoms with Crippen LogP contribution in [-0.4, -0.2) is 29.4 Å². The van der Waals surface area contributed by atoms with Crippen molar-refractivity contribution in [1.82, 2.24) is 15.1 Å². The van der Waals surface area contributed by atoms with Crippen LogP contribution in [0.3, 0.4) is 0 Å². The molecule has 0 aromatic carbocycles. The normalized spacial score (nSPS) is 27.2. The fourth-order valence-electron chi connectivity index (χ4n) is 5.04. The molecule has 2 aliphatic heterocycles. The predicted octanol–water partition coefficient (Wildman–Crippen LogP) is 3.90. The van der Waals surface area contributed by atoms with Gasteiger partial charge in [0.15, 0.2) is 0 Å². The molecular weight excluding hydrogens is 296 g/mol. The molecule has 3 heterocycles. The van der Waals surface area contributed by atoms with Gasteiger partial charge in [0.05, 0.1) is 5.69 Å². The number of hydrogen-bond donors (Lipinski definition) is 2. The maximum Gasteiger partial charge on any atom is 0.132 e. The predicted molar refractivity (Wildman–Crippen MR) is 98.3 cm³/mol. The average molecular weight is 326 g/mol. The highest BCUT2D eigenvalue weighted by Crippen LogP contribution is 2.47. The van der Waals surface area contributed by atoms with Gasteiger partial charge in [0.2, 0.25) is 0 Å². The van der Waals surface area contributed by atoms with E-state index in [1.807, 2.05) is 0 Å². The van der Waals surface area contributed by atoms with Gasteiger partial charge in [-0.25, -0.2) is 4.68 Å². The first kappa shape index (κ1) is 15.0. The number of nitrogens with zero attached hydrogens (tertiary/aromatic N) is 2. The summed E-state index contributed by atoms with van der Waals surface area (Å²) in [5.41, 5.74) is 6.31. The van der Waals surface area contributed by atoms with Crippen LogP contribution in [0.15, 0.2) is 5.57 Å². The molecule has 24 heavy (non-hydrogen) atoms. The van der Waals surface area contributed by atoms with Crippen LogP contribution in [0.5, 0.6) is 0 Å². The van der Waals surface area contributed by atoms with Crippen molar-refractivity contribution in [3.8, 4) is 0 Å². The van der Waals surface area contributed by atoms with E-state index >= 15 is 0 Å². The van der Waals surface area contributed by atoms with E-state index in [9.17, 15) is 0 Å². The third-order valence-electron chi connectivity index (χ3n) is 6.65. The lowest BCUT2D eigenvalue weighted by atomic mass is 9.77. The van der Waals surface area contributed by atoms with Gasteiger partial charge in [-0.2, -0.15) is 5.10 Å². The van der Waals surface area contributed by atoms with Crippen molar-refractivity contribution in [3.05, 3.63) is 16.8 Å². The van der Waals surface area contributed by atoms with E-state index in [-0.39, 0.29) is 0 Å². The third kappa shape index (κ3) is 2.50. The minimum absolute atomic E-state index is 0.722. The molecule has 4 aliphatic rings. The molecule has 1 saturated heterocycles. The van der Waals surface area contributed by atoms with Crippen molar-refractivity contribution < 1.29 is 0 Å². The van der Waals surface area contributed by atoms with Crippen molar-refractivity contribution in [2.75, 3.05) is 25.0 Å². The highest BCUT2D eigenvalue weighted by molar-refractivity contribution is 5.82. The lowest BCUT2D eigenvalue weighted by Gasteiger charge is -2.30. The lowest BCUT2D eigenvalue weighted by Crippen LogP contribution is -2.32. The summed E-state index contributed by atoms with van der Waals surface area (Å²) in [4.78, 5) is 0. The van der Waals surface area contributed by atoms with Gasteiger partial charge < -0.3 is 10.6 Å². The second-order valence-electron chi connectivity index (χ2n) is 8.27. The Morgan fingerprint density at radius 2 is 1.96 bits per heavy atom. The summed E-state index contributed by atoms with van der Waals surface area (Å²) < 4.78 is 2.35. The van der Waals surface area contributed by atoms with Gasteiger partial charge in [0.1, 0.15) is 5.82 Å². The van der Waals surface area contributed by atoms with Gasteiger partial charge in [-0.1, -0.05) is 6.42 Å². The highest BCUT2D eigenvalue weighted by atomic mass is 15.3. The first-order chi connectivity index (χ1) is 11.9. The van der Waals surface area contributed by atoms with Crippen LogP contribution in [0.2, 0.25) is 0 Å². The Labute approximate surface area is 145 Å². The molecule has 4 nitrogen and oxygen atoms in total. The van der Waals surface area contributed by atoms with Gasteiger partial charge in [0, 0.05) is 24.6 Å². The molecule has 0 radical (unpaired) electrons. The van der Waals surface area contributed by atoms with E-state index < -0.39 is 0 Å². The molecule has 1 aromatic heterocycles. The van der Waals surface area contributed by atoms with Gasteiger partial charge in [-0.05, 0) is 81.5 Å². The lowest BCUT2D eigenvalue weighted by molar-refractivity contribution is 0.323. The summed E-state index contributed by atoms with van der Waals surface area (Å²) in [5.74, 6) is 2.81. The molecule has 0 spiro atoms. The summed E-state index contributed by atoms with van der Waals surface area (Å²) in [5, 5.41) is 12.5. The van der Waals surface area contributed by atoms with E-state index in [1.165, 1.54) is 81.4 Å². The quantitative estimate of drug-likeness (QED) is 0.885. The molecule has 2 N–H and O–H groups in total. The summed E-state index contributed by atoms with van der Waals surface area (Å²) in [6, 6.07) is 0. The van der Waals surface area contributed by atoms with Gasteiger partial charge in [-0.3, -0.25) is 0 Å². The Bertz CT molecular complexity index is 647. The van der Waals surface area contributed by atoms with Crippen LogP contribution in [0.25, 0.3) is 5.57 Å².